The molecule has 2 nitrogen and oxygen atoms in total. The summed E-state index contributed by atoms with van der Waals surface area (Å²) in [5, 5.41) is 2.24. The molecule has 1 aromatic carbocycles. The molecule has 0 saturated heterocycles. The maximum absolute atomic E-state index is 5.67. The van der Waals surface area contributed by atoms with E-state index < -0.39 is 0 Å². The Hall–Kier alpha value is -1.83. The van der Waals surface area contributed by atoms with Gasteiger partial charge in [-0.15, -0.1) is 0 Å². The standard InChI is InChI=1S/C12H9NO/c1-8-2-3-11-9(6-8)10-7-13-5-4-12(10)14-11/h2-7H,1H3. The molecule has 0 atom stereocenters. The van der Waals surface area contributed by atoms with E-state index in [2.05, 4.69) is 24.0 Å². The summed E-state index contributed by atoms with van der Waals surface area (Å²) < 4.78 is 5.67. The lowest BCUT2D eigenvalue weighted by Crippen LogP contribution is -1.71. The molecule has 0 radical (unpaired) electrons. The summed E-state index contributed by atoms with van der Waals surface area (Å²) in [4.78, 5) is 4.10. The molecular weight excluding hydrogens is 174 g/mol. The lowest BCUT2D eigenvalue weighted by Gasteiger charge is -1.90. The van der Waals surface area contributed by atoms with Crippen LogP contribution in [0.5, 0.6) is 0 Å². The largest absolute Gasteiger partial charge is 0.456 e. The van der Waals surface area contributed by atoms with Gasteiger partial charge < -0.3 is 4.42 Å². The SMILES string of the molecule is Cc1ccc2oc3ccncc3c2c1. The Balaban J connectivity index is 2.58. The Kier molecular flexibility index (Phi) is 1.39. The van der Waals surface area contributed by atoms with Gasteiger partial charge in [-0.2, -0.15) is 0 Å². The molecule has 0 spiro atoms. The molecule has 0 saturated carbocycles. The highest BCUT2D eigenvalue weighted by Gasteiger charge is 2.05. The number of aromatic nitrogens is 1. The second kappa shape index (κ2) is 2.58. The van der Waals surface area contributed by atoms with Crippen LogP contribution in [0.4, 0.5) is 0 Å². The molecule has 0 aliphatic rings. The highest BCUT2D eigenvalue weighted by atomic mass is 16.3. The van der Waals surface area contributed by atoms with Gasteiger partial charge in [0.1, 0.15) is 11.2 Å². The number of fused-ring (bicyclic) bond motifs is 3. The van der Waals surface area contributed by atoms with Crippen LogP contribution < -0.4 is 0 Å². The summed E-state index contributed by atoms with van der Waals surface area (Å²) >= 11 is 0. The highest BCUT2D eigenvalue weighted by Crippen LogP contribution is 2.28. The summed E-state index contributed by atoms with van der Waals surface area (Å²) in [6.07, 6.45) is 3.60. The van der Waals surface area contributed by atoms with Crippen molar-refractivity contribution in [3.05, 3.63) is 42.2 Å². The molecule has 3 rings (SSSR count). The number of hydrogen-bond donors (Lipinski definition) is 0. The Morgan fingerprint density at radius 1 is 1.07 bits per heavy atom. The van der Waals surface area contributed by atoms with Crippen LogP contribution in [-0.4, -0.2) is 4.98 Å². The molecule has 0 N–H and O–H groups in total. The van der Waals surface area contributed by atoms with E-state index in [1.165, 1.54) is 5.56 Å². The number of hydrogen-bond acceptors (Lipinski definition) is 2. The molecule has 0 bridgehead atoms. The Morgan fingerprint density at radius 2 is 1.93 bits per heavy atom. The average molecular weight is 183 g/mol. The number of benzene rings is 1. The quantitative estimate of drug-likeness (QED) is 0.534. The minimum atomic E-state index is 0.903. The Morgan fingerprint density at radius 3 is 2.86 bits per heavy atom. The highest BCUT2D eigenvalue weighted by molar-refractivity contribution is 6.04. The first-order valence-corrected chi connectivity index (χ1v) is 4.57. The van der Waals surface area contributed by atoms with Crippen molar-refractivity contribution in [3.63, 3.8) is 0 Å². The lowest BCUT2D eigenvalue weighted by molar-refractivity contribution is 0.668. The van der Waals surface area contributed by atoms with Gasteiger partial charge in [0, 0.05) is 23.2 Å². The monoisotopic (exact) mass is 183 g/mol. The fraction of sp³-hybridized carbons (Fsp3) is 0.0833. The van der Waals surface area contributed by atoms with Crippen molar-refractivity contribution in [2.75, 3.05) is 0 Å². The van der Waals surface area contributed by atoms with Gasteiger partial charge in [-0.1, -0.05) is 11.6 Å². The van der Waals surface area contributed by atoms with Gasteiger partial charge in [0.25, 0.3) is 0 Å². The van der Waals surface area contributed by atoms with E-state index in [1.807, 2.05) is 18.3 Å². The third-order valence-corrected chi connectivity index (χ3v) is 2.43. The van der Waals surface area contributed by atoms with Crippen molar-refractivity contribution in [3.8, 4) is 0 Å². The molecule has 68 valence electrons. The minimum absolute atomic E-state index is 0.903. The molecule has 2 aromatic heterocycles. The van der Waals surface area contributed by atoms with Crippen molar-refractivity contribution >= 4 is 21.9 Å². The smallest absolute Gasteiger partial charge is 0.138 e. The first-order chi connectivity index (χ1) is 6.84. The van der Waals surface area contributed by atoms with E-state index in [9.17, 15) is 0 Å². The molecule has 0 aliphatic carbocycles. The van der Waals surface area contributed by atoms with Crippen LogP contribution in [0.3, 0.4) is 0 Å². The number of pyridine rings is 1. The van der Waals surface area contributed by atoms with E-state index in [1.54, 1.807) is 6.20 Å². The third-order valence-electron chi connectivity index (χ3n) is 2.43. The minimum Gasteiger partial charge on any atom is -0.456 e. The van der Waals surface area contributed by atoms with Crippen molar-refractivity contribution in [1.82, 2.24) is 4.98 Å². The number of rotatable bonds is 0. The number of aryl methyl sites for hydroxylation is 1. The van der Waals surface area contributed by atoms with E-state index in [-0.39, 0.29) is 0 Å². The predicted molar refractivity (Wildman–Crippen MR) is 56.3 cm³/mol. The molecule has 0 aliphatic heterocycles. The fourth-order valence-electron chi connectivity index (χ4n) is 1.73. The van der Waals surface area contributed by atoms with Gasteiger partial charge in [-0.3, -0.25) is 4.98 Å². The molecule has 3 aromatic rings. The topological polar surface area (TPSA) is 26.0 Å². The summed E-state index contributed by atoms with van der Waals surface area (Å²) in [5.41, 5.74) is 3.07. The first kappa shape index (κ1) is 7.56. The Bertz CT molecular complexity index is 610. The van der Waals surface area contributed by atoms with Crippen LogP contribution in [-0.2, 0) is 0 Å². The average Bonchev–Trinajstić information content (AvgIpc) is 2.56. The van der Waals surface area contributed by atoms with Gasteiger partial charge in [0.05, 0.1) is 0 Å². The maximum atomic E-state index is 5.67. The molecule has 0 amide bonds. The second-order valence-corrected chi connectivity index (χ2v) is 3.47. The molecule has 2 heteroatoms. The van der Waals surface area contributed by atoms with E-state index in [4.69, 9.17) is 4.42 Å². The zero-order valence-corrected chi connectivity index (χ0v) is 7.82. The van der Waals surface area contributed by atoms with Crippen LogP contribution >= 0.6 is 0 Å². The summed E-state index contributed by atoms with van der Waals surface area (Å²) in [6, 6.07) is 8.08. The van der Waals surface area contributed by atoms with Crippen LogP contribution in [0, 0.1) is 6.92 Å². The van der Waals surface area contributed by atoms with E-state index in [0.717, 1.165) is 21.9 Å². The third kappa shape index (κ3) is 0.940. The summed E-state index contributed by atoms with van der Waals surface area (Å²) in [7, 11) is 0. The van der Waals surface area contributed by atoms with Crippen molar-refractivity contribution in [1.29, 1.82) is 0 Å². The van der Waals surface area contributed by atoms with Gasteiger partial charge in [0.15, 0.2) is 0 Å². The van der Waals surface area contributed by atoms with Crippen LogP contribution in [0.1, 0.15) is 5.56 Å². The zero-order chi connectivity index (χ0) is 9.54. The van der Waals surface area contributed by atoms with Crippen LogP contribution in [0.15, 0.2) is 41.1 Å². The summed E-state index contributed by atoms with van der Waals surface area (Å²) in [6.45, 7) is 2.08. The number of nitrogens with zero attached hydrogens (tertiary/aromatic N) is 1. The van der Waals surface area contributed by atoms with Gasteiger partial charge in [-0.25, -0.2) is 0 Å². The molecular formula is C12H9NO. The molecule has 14 heavy (non-hydrogen) atoms. The molecule has 0 unspecified atom stereocenters. The van der Waals surface area contributed by atoms with Crippen LogP contribution in [0.25, 0.3) is 21.9 Å². The van der Waals surface area contributed by atoms with E-state index >= 15 is 0 Å². The van der Waals surface area contributed by atoms with Crippen LogP contribution in [0.2, 0.25) is 0 Å². The van der Waals surface area contributed by atoms with Crippen molar-refractivity contribution in [2.24, 2.45) is 0 Å². The van der Waals surface area contributed by atoms with Crippen molar-refractivity contribution < 1.29 is 4.42 Å². The van der Waals surface area contributed by atoms with Gasteiger partial charge >= 0.3 is 0 Å². The lowest BCUT2D eigenvalue weighted by atomic mass is 10.1. The van der Waals surface area contributed by atoms with Gasteiger partial charge in [0.2, 0.25) is 0 Å². The maximum Gasteiger partial charge on any atom is 0.138 e. The van der Waals surface area contributed by atoms with E-state index in [0.29, 0.717) is 0 Å². The Labute approximate surface area is 81.2 Å². The normalized spacial score (nSPS) is 11.2. The summed E-state index contributed by atoms with van der Waals surface area (Å²) in [5.74, 6) is 0. The van der Waals surface area contributed by atoms with Crippen molar-refractivity contribution in [2.45, 2.75) is 6.92 Å². The molecule has 0 fully saturated rings. The predicted octanol–water partition coefficient (Wildman–Crippen LogP) is 3.29. The second-order valence-electron chi connectivity index (χ2n) is 3.47. The fourth-order valence-corrected chi connectivity index (χ4v) is 1.73. The first-order valence-electron chi connectivity index (χ1n) is 4.57. The zero-order valence-electron chi connectivity index (χ0n) is 7.82. The van der Waals surface area contributed by atoms with Gasteiger partial charge in [-0.05, 0) is 25.1 Å². The number of furan rings is 1. The molecule has 2 heterocycles.